The smallest absolute Gasteiger partial charge is 0.411 e. The number of rotatable bonds is 3. The van der Waals surface area contributed by atoms with Gasteiger partial charge in [0.2, 0.25) is 0 Å². The van der Waals surface area contributed by atoms with E-state index >= 15 is 0 Å². The van der Waals surface area contributed by atoms with Crippen LogP contribution in [-0.2, 0) is 14.3 Å². The molecule has 1 aliphatic carbocycles. The molecule has 5 heteroatoms. The lowest BCUT2D eigenvalue weighted by molar-refractivity contribution is -0.147. The molecule has 3 atom stereocenters. The molecule has 5 nitrogen and oxygen atoms in total. The maximum Gasteiger partial charge on any atom is 0.411 e. The van der Waals surface area contributed by atoms with Gasteiger partial charge in [-0.15, -0.1) is 0 Å². The van der Waals surface area contributed by atoms with Crippen LogP contribution < -0.4 is 0 Å². The molecule has 0 spiro atoms. The van der Waals surface area contributed by atoms with Gasteiger partial charge in [-0.05, 0) is 18.4 Å². The lowest BCUT2D eigenvalue weighted by Crippen LogP contribution is -2.45. The number of carbonyl (C=O) groups excluding carboxylic acids is 2. The fraction of sp³-hybridized carbons (Fsp3) is 0.412. The summed E-state index contributed by atoms with van der Waals surface area (Å²) in [5.41, 5.74) is 1.01. The number of methoxy groups -OCH3 is 1. The third-order valence-corrected chi connectivity index (χ3v) is 4.31. The molecule has 1 aliphatic heterocycles. The third-order valence-electron chi connectivity index (χ3n) is 4.31. The van der Waals surface area contributed by atoms with Crippen LogP contribution >= 0.6 is 0 Å². The number of benzene rings is 1. The number of nitrogens with zero attached hydrogens (tertiary/aromatic N) is 1. The SMILES string of the molecule is COC(=O)[C@H]1CCC=C[C@H]1N1C(=O)OC[C@H]1c1ccccc1. The second kappa shape index (κ2) is 6.22. The molecule has 1 saturated heterocycles. The summed E-state index contributed by atoms with van der Waals surface area (Å²) in [6.45, 7) is 0.307. The van der Waals surface area contributed by atoms with Crippen LogP contribution in [-0.4, -0.2) is 36.7 Å². The van der Waals surface area contributed by atoms with E-state index in [9.17, 15) is 9.59 Å². The first-order valence-electron chi connectivity index (χ1n) is 7.47. The molecular formula is C17H19NO4. The minimum atomic E-state index is -0.376. The Morgan fingerprint density at radius 1 is 1.32 bits per heavy atom. The minimum absolute atomic E-state index is 0.173. The molecule has 0 saturated carbocycles. The molecule has 0 N–H and O–H groups in total. The molecule has 0 aromatic heterocycles. The van der Waals surface area contributed by atoms with Crippen molar-refractivity contribution in [3.8, 4) is 0 Å². The van der Waals surface area contributed by atoms with E-state index in [1.807, 2.05) is 42.5 Å². The average Bonchev–Trinajstić information content (AvgIpc) is 2.96. The lowest BCUT2D eigenvalue weighted by atomic mass is 9.87. The van der Waals surface area contributed by atoms with Crippen LogP contribution in [0, 0.1) is 5.92 Å². The molecule has 0 bridgehead atoms. The van der Waals surface area contributed by atoms with Crippen LogP contribution in [0.4, 0.5) is 4.79 Å². The summed E-state index contributed by atoms with van der Waals surface area (Å²) in [4.78, 5) is 26.0. The Balaban J connectivity index is 1.92. The van der Waals surface area contributed by atoms with E-state index in [4.69, 9.17) is 9.47 Å². The maximum atomic E-state index is 12.2. The largest absolute Gasteiger partial charge is 0.469 e. The molecule has 0 unspecified atom stereocenters. The van der Waals surface area contributed by atoms with E-state index in [1.54, 1.807) is 4.90 Å². The summed E-state index contributed by atoms with van der Waals surface area (Å²) < 4.78 is 10.2. The zero-order valence-electron chi connectivity index (χ0n) is 12.5. The first kappa shape index (κ1) is 14.6. The highest BCUT2D eigenvalue weighted by Crippen LogP contribution is 2.35. The van der Waals surface area contributed by atoms with E-state index in [-0.39, 0.29) is 30.1 Å². The fourth-order valence-electron chi connectivity index (χ4n) is 3.21. The Morgan fingerprint density at radius 3 is 2.82 bits per heavy atom. The van der Waals surface area contributed by atoms with Crippen molar-refractivity contribution >= 4 is 12.1 Å². The van der Waals surface area contributed by atoms with Gasteiger partial charge in [0.1, 0.15) is 6.61 Å². The normalized spacial score (nSPS) is 27.6. The van der Waals surface area contributed by atoms with Crippen molar-refractivity contribution in [3.63, 3.8) is 0 Å². The summed E-state index contributed by atoms with van der Waals surface area (Å²) >= 11 is 0. The number of carbonyl (C=O) groups is 2. The number of ether oxygens (including phenoxy) is 2. The van der Waals surface area contributed by atoms with Crippen LogP contribution in [0.3, 0.4) is 0 Å². The Morgan fingerprint density at radius 2 is 2.09 bits per heavy atom. The lowest BCUT2D eigenvalue weighted by Gasteiger charge is -2.35. The molecular weight excluding hydrogens is 282 g/mol. The number of allylic oxidation sites excluding steroid dienone is 1. The number of cyclic esters (lactones) is 1. The van der Waals surface area contributed by atoms with Gasteiger partial charge in [-0.3, -0.25) is 9.69 Å². The van der Waals surface area contributed by atoms with E-state index in [2.05, 4.69) is 0 Å². The van der Waals surface area contributed by atoms with Gasteiger partial charge in [-0.25, -0.2) is 4.79 Å². The van der Waals surface area contributed by atoms with Crippen LogP contribution in [0.5, 0.6) is 0 Å². The summed E-state index contributed by atoms with van der Waals surface area (Å²) in [6, 6.07) is 9.26. The van der Waals surface area contributed by atoms with Crippen LogP contribution in [0.2, 0.25) is 0 Å². The standard InChI is InChI=1S/C17H19NO4/c1-21-16(19)13-9-5-6-10-14(13)18-15(11-22-17(18)20)12-7-3-2-4-8-12/h2-4,6-8,10,13-15H,5,9,11H2,1H3/t13-,14+,15-/m0/s1. The Kier molecular flexibility index (Phi) is 4.13. The van der Waals surface area contributed by atoms with E-state index < -0.39 is 0 Å². The zero-order chi connectivity index (χ0) is 15.5. The molecule has 1 amide bonds. The second-order valence-corrected chi connectivity index (χ2v) is 5.54. The number of esters is 1. The first-order valence-corrected chi connectivity index (χ1v) is 7.47. The predicted octanol–water partition coefficient (Wildman–Crippen LogP) is 2.69. The molecule has 1 fully saturated rings. The summed E-state index contributed by atoms with van der Waals surface area (Å²) in [5.74, 6) is -0.618. The van der Waals surface area contributed by atoms with Crippen molar-refractivity contribution in [3.05, 3.63) is 48.0 Å². The highest BCUT2D eigenvalue weighted by atomic mass is 16.6. The molecule has 2 aliphatic rings. The first-order chi connectivity index (χ1) is 10.7. The summed E-state index contributed by atoms with van der Waals surface area (Å²) in [6.07, 6.45) is 5.05. The number of amides is 1. The summed E-state index contributed by atoms with van der Waals surface area (Å²) in [7, 11) is 1.38. The highest BCUT2D eigenvalue weighted by molar-refractivity contribution is 5.77. The minimum Gasteiger partial charge on any atom is -0.469 e. The van der Waals surface area contributed by atoms with Crippen molar-refractivity contribution in [2.75, 3.05) is 13.7 Å². The Bertz CT molecular complexity index is 584. The van der Waals surface area contributed by atoms with Crippen molar-refractivity contribution in [2.24, 2.45) is 5.92 Å². The van der Waals surface area contributed by atoms with E-state index in [1.165, 1.54) is 7.11 Å². The van der Waals surface area contributed by atoms with Crippen molar-refractivity contribution in [2.45, 2.75) is 24.9 Å². The quantitative estimate of drug-likeness (QED) is 0.636. The van der Waals surface area contributed by atoms with E-state index in [0.29, 0.717) is 13.0 Å². The molecule has 1 heterocycles. The van der Waals surface area contributed by atoms with Gasteiger partial charge < -0.3 is 9.47 Å². The molecule has 1 aromatic rings. The Labute approximate surface area is 129 Å². The predicted molar refractivity (Wildman–Crippen MR) is 80.0 cm³/mol. The molecule has 0 radical (unpaired) electrons. The van der Waals surface area contributed by atoms with E-state index in [0.717, 1.165) is 12.0 Å². The van der Waals surface area contributed by atoms with Crippen LogP contribution in [0.25, 0.3) is 0 Å². The van der Waals surface area contributed by atoms with Crippen LogP contribution in [0.1, 0.15) is 24.4 Å². The van der Waals surface area contributed by atoms with Crippen molar-refractivity contribution in [1.29, 1.82) is 0 Å². The van der Waals surface area contributed by atoms with Crippen molar-refractivity contribution in [1.82, 2.24) is 4.90 Å². The molecule has 22 heavy (non-hydrogen) atoms. The van der Waals surface area contributed by atoms with Gasteiger partial charge in [0, 0.05) is 0 Å². The third kappa shape index (κ3) is 2.58. The van der Waals surface area contributed by atoms with Gasteiger partial charge in [0.15, 0.2) is 0 Å². The molecule has 3 rings (SSSR count). The molecule has 1 aromatic carbocycles. The van der Waals surface area contributed by atoms with Gasteiger partial charge in [0.05, 0.1) is 25.1 Å². The van der Waals surface area contributed by atoms with Gasteiger partial charge >= 0.3 is 12.1 Å². The number of hydrogen-bond donors (Lipinski definition) is 0. The average molecular weight is 301 g/mol. The fourth-order valence-corrected chi connectivity index (χ4v) is 3.21. The Hall–Kier alpha value is -2.30. The molecule has 116 valence electrons. The topological polar surface area (TPSA) is 55.8 Å². The van der Waals surface area contributed by atoms with Gasteiger partial charge in [-0.1, -0.05) is 42.5 Å². The van der Waals surface area contributed by atoms with Gasteiger partial charge in [0.25, 0.3) is 0 Å². The monoisotopic (exact) mass is 301 g/mol. The summed E-state index contributed by atoms with van der Waals surface area (Å²) in [5, 5.41) is 0. The van der Waals surface area contributed by atoms with Crippen LogP contribution in [0.15, 0.2) is 42.5 Å². The number of hydrogen-bond acceptors (Lipinski definition) is 4. The zero-order valence-corrected chi connectivity index (χ0v) is 12.5. The highest BCUT2D eigenvalue weighted by Gasteiger charge is 2.44. The second-order valence-electron chi connectivity index (χ2n) is 5.54. The van der Waals surface area contributed by atoms with Gasteiger partial charge in [-0.2, -0.15) is 0 Å². The maximum absolute atomic E-state index is 12.2. The van der Waals surface area contributed by atoms with Crippen molar-refractivity contribution < 1.29 is 19.1 Å².